The molecule has 0 saturated heterocycles. The zero-order valence-electron chi connectivity index (χ0n) is 5.99. The molecule has 0 radical (unpaired) electrons. The smallest absolute Gasteiger partial charge is 0.0203 e. The molecule has 0 aromatic carbocycles. The van der Waals surface area contributed by atoms with Crippen molar-refractivity contribution < 1.29 is 0 Å². The van der Waals surface area contributed by atoms with Gasteiger partial charge in [-0.25, -0.2) is 0 Å². The lowest BCUT2D eigenvalue weighted by molar-refractivity contribution is 0.690. The van der Waals surface area contributed by atoms with Crippen molar-refractivity contribution in [1.82, 2.24) is 0 Å². The minimum Gasteiger partial charge on any atom is -0.132 e. The van der Waals surface area contributed by atoms with E-state index < -0.39 is 0 Å². The first-order valence-corrected chi connectivity index (χ1v) is 5.28. The Balaban J connectivity index is 3.11. The molecule has 0 saturated carbocycles. The van der Waals surface area contributed by atoms with Crippen LogP contribution in [0.3, 0.4) is 0 Å². The number of rotatable bonds is 3. The minimum absolute atomic E-state index is 0.475. The summed E-state index contributed by atoms with van der Waals surface area (Å²) in [6.45, 7) is 6.78. The summed E-state index contributed by atoms with van der Waals surface area (Å²) in [7, 11) is 3.99. The molecule has 0 heterocycles. The van der Waals surface area contributed by atoms with Gasteiger partial charge in [-0.3, -0.25) is 0 Å². The molecule has 2 heteroatoms. The molecule has 0 aromatic rings. The van der Waals surface area contributed by atoms with Crippen LogP contribution in [0.25, 0.3) is 0 Å². The van der Waals surface area contributed by atoms with Crippen LogP contribution in [0.2, 0.25) is 0 Å². The molecule has 8 heavy (non-hydrogen) atoms. The second-order valence-corrected chi connectivity index (χ2v) is 5.61. The van der Waals surface area contributed by atoms with Crippen molar-refractivity contribution in [3.63, 3.8) is 0 Å². The third-order valence-electron chi connectivity index (χ3n) is 1.02. The molecule has 0 aliphatic rings. The summed E-state index contributed by atoms with van der Waals surface area (Å²) in [5, 5.41) is 0.475. The van der Waals surface area contributed by atoms with Crippen molar-refractivity contribution in [1.29, 1.82) is 0 Å². The third kappa shape index (κ3) is 6.86. The first kappa shape index (κ1) is 8.86. The molecule has 0 aliphatic heterocycles. The van der Waals surface area contributed by atoms with E-state index >= 15 is 0 Å². The second kappa shape index (κ2) is 3.80. The molecule has 0 nitrogen and oxygen atoms in total. The van der Waals surface area contributed by atoms with Crippen LogP contribution in [0.15, 0.2) is 0 Å². The predicted molar refractivity (Wildman–Crippen MR) is 47.5 cm³/mol. The van der Waals surface area contributed by atoms with E-state index in [0.29, 0.717) is 5.16 Å². The fourth-order valence-corrected chi connectivity index (χ4v) is 1.77. The van der Waals surface area contributed by atoms with Crippen LogP contribution in [0.4, 0.5) is 0 Å². The van der Waals surface area contributed by atoms with E-state index in [2.05, 4.69) is 29.8 Å². The summed E-state index contributed by atoms with van der Waals surface area (Å²) in [6, 6.07) is 0. The van der Waals surface area contributed by atoms with Crippen molar-refractivity contribution in [2.75, 3.05) is 12.8 Å². The Bertz CT molecular complexity index is 54.0. The topological polar surface area (TPSA) is 0 Å². The molecule has 0 aliphatic carbocycles. The lowest BCUT2D eigenvalue weighted by Crippen LogP contribution is -2.09. The van der Waals surface area contributed by atoms with E-state index in [0.717, 1.165) is 8.58 Å². The summed E-state index contributed by atoms with van der Waals surface area (Å²) in [5.41, 5.74) is 0. The molecular formula is C6H16P2. The first-order valence-electron chi connectivity index (χ1n) is 3.00. The van der Waals surface area contributed by atoms with Gasteiger partial charge in [-0.05, 0) is 24.4 Å². The van der Waals surface area contributed by atoms with Crippen LogP contribution in [-0.4, -0.2) is 18.0 Å². The van der Waals surface area contributed by atoms with Crippen molar-refractivity contribution in [2.24, 2.45) is 0 Å². The molecule has 0 rings (SSSR count). The number of hydrogen-bond acceptors (Lipinski definition) is 0. The summed E-state index contributed by atoms with van der Waals surface area (Å²) in [6.07, 6.45) is 2.73. The van der Waals surface area contributed by atoms with Crippen LogP contribution in [0, 0.1) is 0 Å². The fourth-order valence-electron chi connectivity index (χ4n) is 0.447. The van der Waals surface area contributed by atoms with Crippen molar-refractivity contribution in [3.8, 4) is 0 Å². The molecular weight excluding hydrogens is 134 g/mol. The van der Waals surface area contributed by atoms with E-state index in [9.17, 15) is 0 Å². The van der Waals surface area contributed by atoms with E-state index in [1.54, 1.807) is 0 Å². The van der Waals surface area contributed by atoms with E-state index in [4.69, 9.17) is 0 Å². The average Bonchev–Trinajstić information content (AvgIpc) is 1.59. The Morgan fingerprint density at radius 1 is 1.50 bits per heavy atom. The van der Waals surface area contributed by atoms with E-state index in [-0.39, 0.29) is 0 Å². The van der Waals surface area contributed by atoms with Crippen molar-refractivity contribution in [3.05, 3.63) is 0 Å². The lowest BCUT2D eigenvalue weighted by atomic mass is 10.1. The van der Waals surface area contributed by atoms with E-state index in [1.807, 2.05) is 0 Å². The molecule has 0 fully saturated rings. The van der Waals surface area contributed by atoms with Crippen molar-refractivity contribution in [2.45, 2.75) is 25.4 Å². The van der Waals surface area contributed by atoms with Crippen LogP contribution >= 0.6 is 17.8 Å². The van der Waals surface area contributed by atoms with Gasteiger partial charge >= 0.3 is 0 Å². The van der Waals surface area contributed by atoms with Crippen LogP contribution in [0.1, 0.15) is 20.3 Å². The molecule has 0 aromatic heterocycles. The molecule has 0 bridgehead atoms. The van der Waals surface area contributed by atoms with Gasteiger partial charge in [-0.2, -0.15) is 0 Å². The van der Waals surface area contributed by atoms with Crippen molar-refractivity contribution >= 4 is 17.8 Å². The lowest BCUT2D eigenvalue weighted by Gasteiger charge is -2.16. The highest BCUT2D eigenvalue weighted by molar-refractivity contribution is 7.37. The monoisotopic (exact) mass is 150 g/mol. The van der Waals surface area contributed by atoms with Gasteiger partial charge in [0, 0.05) is 0 Å². The second-order valence-electron chi connectivity index (χ2n) is 2.84. The zero-order chi connectivity index (χ0) is 6.62. The molecule has 2 atom stereocenters. The third-order valence-corrected chi connectivity index (χ3v) is 2.06. The summed E-state index contributed by atoms with van der Waals surface area (Å²) >= 11 is 0. The van der Waals surface area contributed by atoms with Gasteiger partial charge in [0.1, 0.15) is 0 Å². The Morgan fingerprint density at radius 2 is 2.00 bits per heavy atom. The van der Waals surface area contributed by atoms with E-state index in [1.165, 1.54) is 12.6 Å². The molecule has 0 N–H and O–H groups in total. The minimum atomic E-state index is 0.475. The predicted octanol–water partition coefficient (Wildman–Crippen LogP) is 2.34. The van der Waals surface area contributed by atoms with Gasteiger partial charge in [0.05, 0.1) is 0 Å². The Morgan fingerprint density at radius 3 is 2.12 bits per heavy atom. The highest BCUT2D eigenvalue weighted by Crippen LogP contribution is 2.23. The first-order chi connectivity index (χ1) is 3.56. The van der Waals surface area contributed by atoms with Gasteiger partial charge in [-0.1, -0.05) is 13.8 Å². The highest BCUT2D eigenvalue weighted by atomic mass is 31.1. The largest absolute Gasteiger partial charge is 0.132 e. The maximum absolute atomic E-state index is 2.87. The SMILES string of the molecule is CPCCC(C)(C)P. The van der Waals surface area contributed by atoms with Gasteiger partial charge < -0.3 is 0 Å². The quantitative estimate of drug-likeness (QED) is 0.541. The summed E-state index contributed by atoms with van der Waals surface area (Å²) < 4.78 is 0. The summed E-state index contributed by atoms with van der Waals surface area (Å²) in [5.74, 6) is 0. The molecule has 2 unspecified atom stereocenters. The Kier molecular flexibility index (Phi) is 4.21. The average molecular weight is 150 g/mol. The van der Waals surface area contributed by atoms with Gasteiger partial charge in [0.2, 0.25) is 0 Å². The van der Waals surface area contributed by atoms with Crippen LogP contribution < -0.4 is 0 Å². The molecule has 50 valence electrons. The highest BCUT2D eigenvalue weighted by Gasteiger charge is 2.07. The molecule has 0 amide bonds. The standard InChI is InChI=1S/C6H16P2/c1-6(2,7)4-5-8-3/h8H,4-5,7H2,1-3H3. The number of hydrogen-bond donors (Lipinski definition) is 0. The van der Waals surface area contributed by atoms with Gasteiger partial charge in [0.25, 0.3) is 0 Å². The Hall–Kier alpha value is 0.860. The molecule has 0 spiro atoms. The maximum Gasteiger partial charge on any atom is -0.0203 e. The van der Waals surface area contributed by atoms with Crippen LogP contribution in [-0.2, 0) is 0 Å². The normalized spacial score (nSPS) is 13.5. The fraction of sp³-hybridized carbons (Fsp3) is 1.00. The van der Waals surface area contributed by atoms with Gasteiger partial charge in [0.15, 0.2) is 0 Å². The zero-order valence-corrected chi connectivity index (χ0v) is 8.15. The van der Waals surface area contributed by atoms with Crippen LogP contribution in [0.5, 0.6) is 0 Å². The maximum atomic E-state index is 2.87. The van der Waals surface area contributed by atoms with Gasteiger partial charge in [-0.15, -0.1) is 17.8 Å². The Labute approximate surface area is 56.8 Å². The summed E-state index contributed by atoms with van der Waals surface area (Å²) in [4.78, 5) is 0.